The van der Waals surface area contributed by atoms with Crippen molar-refractivity contribution in [2.75, 3.05) is 38.3 Å². The highest BCUT2D eigenvalue weighted by molar-refractivity contribution is 5.96. The Morgan fingerprint density at radius 2 is 1.86 bits per heavy atom. The number of benzene rings is 2. The zero-order valence-electron chi connectivity index (χ0n) is 16.7. The molecule has 2 saturated heterocycles. The zero-order valence-corrected chi connectivity index (χ0v) is 16.7. The van der Waals surface area contributed by atoms with Crippen LogP contribution in [0.15, 0.2) is 54.6 Å². The quantitative estimate of drug-likeness (QED) is 0.800. The van der Waals surface area contributed by atoms with Crippen molar-refractivity contribution in [3.05, 3.63) is 65.7 Å². The number of nitrogens with zero attached hydrogens (tertiary/aromatic N) is 2. The summed E-state index contributed by atoms with van der Waals surface area (Å²) in [5.74, 6) is -0.0428. The van der Waals surface area contributed by atoms with Crippen LogP contribution in [0.25, 0.3) is 0 Å². The van der Waals surface area contributed by atoms with Crippen molar-refractivity contribution in [1.82, 2.24) is 4.90 Å². The van der Waals surface area contributed by atoms with Gasteiger partial charge in [0.1, 0.15) is 12.2 Å². The standard InChI is InChI=1S/C23H26N2O4/c1-28-14-18-8-10-19(11-9-18)22(27)24-13-5-12-23(16-24)17-25(21(26)15-29-23)20-6-3-2-4-7-20/h2-4,6-11H,5,12-17H2,1H3. The highest BCUT2D eigenvalue weighted by Crippen LogP contribution is 2.32. The fourth-order valence-electron chi connectivity index (χ4n) is 4.17. The first-order valence-electron chi connectivity index (χ1n) is 9.97. The lowest BCUT2D eigenvalue weighted by Gasteiger charge is -2.47. The van der Waals surface area contributed by atoms with E-state index in [0.717, 1.165) is 24.1 Å². The first-order valence-corrected chi connectivity index (χ1v) is 9.97. The number of anilines is 1. The lowest BCUT2D eigenvalue weighted by Crippen LogP contribution is -2.62. The second-order valence-electron chi connectivity index (χ2n) is 7.75. The number of methoxy groups -OCH3 is 1. The molecule has 2 fully saturated rings. The van der Waals surface area contributed by atoms with Gasteiger partial charge in [0.15, 0.2) is 0 Å². The number of amides is 2. The summed E-state index contributed by atoms with van der Waals surface area (Å²) >= 11 is 0. The normalized spacial score (nSPS) is 22.2. The molecule has 152 valence electrons. The van der Waals surface area contributed by atoms with Gasteiger partial charge < -0.3 is 19.3 Å². The van der Waals surface area contributed by atoms with Crippen LogP contribution in [-0.4, -0.2) is 55.7 Å². The van der Waals surface area contributed by atoms with E-state index >= 15 is 0 Å². The fraction of sp³-hybridized carbons (Fsp3) is 0.391. The van der Waals surface area contributed by atoms with Crippen LogP contribution >= 0.6 is 0 Å². The van der Waals surface area contributed by atoms with Crippen molar-refractivity contribution in [1.29, 1.82) is 0 Å². The van der Waals surface area contributed by atoms with Gasteiger partial charge in [-0.1, -0.05) is 30.3 Å². The van der Waals surface area contributed by atoms with E-state index in [9.17, 15) is 9.59 Å². The number of rotatable bonds is 4. The molecule has 2 aliphatic heterocycles. The molecule has 6 nitrogen and oxygen atoms in total. The predicted octanol–water partition coefficient (Wildman–Crippen LogP) is 2.87. The van der Waals surface area contributed by atoms with Crippen LogP contribution in [0.3, 0.4) is 0 Å². The molecule has 2 aromatic carbocycles. The van der Waals surface area contributed by atoms with Crippen molar-refractivity contribution < 1.29 is 19.1 Å². The topological polar surface area (TPSA) is 59.1 Å². The zero-order chi connectivity index (χ0) is 20.3. The molecule has 0 saturated carbocycles. The third-order valence-electron chi connectivity index (χ3n) is 5.66. The van der Waals surface area contributed by atoms with Crippen LogP contribution in [0.4, 0.5) is 5.69 Å². The lowest BCUT2D eigenvalue weighted by molar-refractivity contribution is -0.144. The third-order valence-corrected chi connectivity index (χ3v) is 5.66. The van der Waals surface area contributed by atoms with Crippen molar-refractivity contribution >= 4 is 17.5 Å². The monoisotopic (exact) mass is 394 g/mol. The maximum Gasteiger partial charge on any atom is 0.253 e. The number of para-hydroxylation sites is 1. The van der Waals surface area contributed by atoms with E-state index in [2.05, 4.69) is 0 Å². The smallest absolute Gasteiger partial charge is 0.253 e. The summed E-state index contributed by atoms with van der Waals surface area (Å²) in [4.78, 5) is 29.2. The van der Waals surface area contributed by atoms with E-state index in [-0.39, 0.29) is 18.4 Å². The second-order valence-corrected chi connectivity index (χ2v) is 7.75. The largest absolute Gasteiger partial charge is 0.380 e. The maximum absolute atomic E-state index is 13.1. The lowest BCUT2D eigenvalue weighted by atomic mass is 9.90. The van der Waals surface area contributed by atoms with Gasteiger partial charge in [0.05, 0.1) is 19.7 Å². The van der Waals surface area contributed by atoms with E-state index in [4.69, 9.17) is 9.47 Å². The van der Waals surface area contributed by atoms with Crippen LogP contribution < -0.4 is 4.90 Å². The summed E-state index contributed by atoms with van der Waals surface area (Å²) in [7, 11) is 1.65. The predicted molar refractivity (Wildman–Crippen MR) is 110 cm³/mol. The average molecular weight is 394 g/mol. The highest BCUT2D eigenvalue weighted by atomic mass is 16.5. The van der Waals surface area contributed by atoms with E-state index in [1.54, 1.807) is 12.0 Å². The van der Waals surface area contributed by atoms with Crippen LogP contribution in [0.1, 0.15) is 28.8 Å². The highest BCUT2D eigenvalue weighted by Gasteiger charge is 2.44. The Bertz CT molecular complexity index is 868. The average Bonchev–Trinajstić information content (AvgIpc) is 2.77. The van der Waals surface area contributed by atoms with Crippen molar-refractivity contribution in [2.24, 2.45) is 0 Å². The Morgan fingerprint density at radius 3 is 2.59 bits per heavy atom. The van der Waals surface area contributed by atoms with Gasteiger partial charge >= 0.3 is 0 Å². The van der Waals surface area contributed by atoms with E-state index in [0.29, 0.717) is 31.8 Å². The summed E-state index contributed by atoms with van der Waals surface area (Å²) in [6, 6.07) is 17.2. The molecule has 0 bridgehead atoms. The van der Waals surface area contributed by atoms with Gasteiger partial charge in [0.25, 0.3) is 11.8 Å². The fourth-order valence-corrected chi connectivity index (χ4v) is 4.17. The summed E-state index contributed by atoms with van der Waals surface area (Å²) in [6.45, 7) is 2.22. The molecular formula is C23H26N2O4. The Hall–Kier alpha value is -2.70. The van der Waals surface area contributed by atoms with E-state index < -0.39 is 5.60 Å². The molecule has 4 rings (SSSR count). The van der Waals surface area contributed by atoms with Gasteiger partial charge in [0.2, 0.25) is 0 Å². The van der Waals surface area contributed by atoms with Crippen LogP contribution in [-0.2, 0) is 20.9 Å². The Labute approximate surface area is 171 Å². The number of likely N-dealkylation sites (tertiary alicyclic amines) is 1. The molecule has 0 aromatic heterocycles. The van der Waals surface area contributed by atoms with Crippen molar-refractivity contribution in [2.45, 2.75) is 25.0 Å². The number of carbonyl (C=O) groups is 2. The summed E-state index contributed by atoms with van der Waals surface area (Å²) in [6.07, 6.45) is 1.69. The van der Waals surface area contributed by atoms with E-state index in [1.165, 1.54) is 0 Å². The van der Waals surface area contributed by atoms with Gasteiger partial charge in [-0.25, -0.2) is 0 Å². The maximum atomic E-state index is 13.1. The minimum Gasteiger partial charge on any atom is -0.380 e. The molecule has 0 N–H and O–H groups in total. The van der Waals surface area contributed by atoms with Gasteiger partial charge in [-0.2, -0.15) is 0 Å². The third kappa shape index (κ3) is 4.18. The molecule has 29 heavy (non-hydrogen) atoms. The van der Waals surface area contributed by atoms with Crippen LogP contribution in [0.2, 0.25) is 0 Å². The van der Waals surface area contributed by atoms with Gasteiger partial charge in [-0.3, -0.25) is 9.59 Å². The SMILES string of the molecule is COCc1ccc(C(=O)N2CCCC3(C2)CN(c2ccccc2)C(=O)CO3)cc1. The molecule has 2 amide bonds. The molecule has 0 aliphatic carbocycles. The van der Waals surface area contributed by atoms with Gasteiger partial charge in [0, 0.05) is 24.9 Å². The van der Waals surface area contributed by atoms with Gasteiger partial charge in [-0.15, -0.1) is 0 Å². The number of piperidine rings is 1. The van der Waals surface area contributed by atoms with Crippen LogP contribution in [0, 0.1) is 0 Å². The Kier molecular flexibility index (Phi) is 5.65. The second kappa shape index (κ2) is 8.35. The number of hydrogen-bond donors (Lipinski definition) is 0. The minimum absolute atomic E-state index is 0.000182. The van der Waals surface area contributed by atoms with E-state index in [1.807, 2.05) is 59.5 Å². The number of ether oxygens (including phenoxy) is 2. The summed E-state index contributed by atoms with van der Waals surface area (Å²) in [5.41, 5.74) is 2.05. The molecule has 2 aliphatic rings. The molecule has 1 atom stereocenters. The summed E-state index contributed by atoms with van der Waals surface area (Å²) in [5, 5.41) is 0. The number of hydrogen-bond acceptors (Lipinski definition) is 4. The Morgan fingerprint density at radius 1 is 1.10 bits per heavy atom. The molecule has 1 spiro atoms. The number of carbonyl (C=O) groups excluding carboxylic acids is 2. The molecule has 1 unspecified atom stereocenters. The molecule has 0 radical (unpaired) electrons. The first kappa shape index (κ1) is 19.6. The van der Waals surface area contributed by atoms with Crippen molar-refractivity contribution in [3.8, 4) is 0 Å². The summed E-state index contributed by atoms with van der Waals surface area (Å²) < 4.78 is 11.2. The number of morpholine rings is 1. The van der Waals surface area contributed by atoms with Crippen LogP contribution in [0.5, 0.6) is 0 Å². The minimum atomic E-state index is -0.520. The molecule has 2 heterocycles. The van der Waals surface area contributed by atoms with Gasteiger partial charge in [-0.05, 0) is 42.7 Å². The molecule has 2 aromatic rings. The molecular weight excluding hydrogens is 368 g/mol. The first-order chi connectivity index (χ1) is 14.1. The Balaban J connectivity index is 1.49. The molecule has 6 heteroatoms. The van der Waals surface area contributed by atoms with Crippen molar-refractivity contribution in [3.63, 3.8) is 0 Å².